The summed E-state index contributed by atoms with van der Waals surface area (Å²) < 4.78 is 1.91. The third-order valence-corrected chi connectivity index (χ3v) is 8.37. The average Bonchev–Trinajstić information content (AvgIpc) is 3.28. The molecule has 4 aromatic carbocycles. The number of pyridine rings is 1. The third kappa shape index (κ3) is 2.28. The molecule has 7 rings (SSSR count). The van der Waals surface area contributed by atoms with Gasteiger partial charge >= 0.3 is 0 Å². The Balaban J connectivity index is 1.53. The van der Waals surface area contributed by atoms with Gasteiger partial charge in [-0.1, -0.05) is 74.0 Å². The Bertz CT molecular complexity index is 1920. The molecule has 2 nitrogen and oxygen atoms in total. The highest BCUT2D eigenvalue weighted by molar-refractivity contribution is 6.20. The summed E-state index contributed by atoms with van der Waals surface area (Å²) in [5.41, 5.74) is 10.1. The summed E-state index contributed by atoms with van der Waals surface area (Å²) in [6.07, 6.45) is 0. The quantitative estimate of drug-likeness (QED) is 0.238. The molecule has 6 aromatic rings. The van der Waals surface area contributed by atoms with E-state index in [1.807, 2.05) is 22.6 Å². The van der Waals surface area contributed by atoms with Crippen LogP contribution in [0.2, 0.25) is 0 Å². The van der Waals surface area contributed by atoms with Gasteiger partial charge in [-0.25, -0.2) is 0 Å². The fourth-order valence-electron chi connectivity index (χ4n) is 6.14. The lowest BCUT2D eigenvalue weighted by Gasteiger charge is -2.23. The maximum atomic E-state index is 13.5. The molecule has 34 heavy (non-hydrogen) atoms. The van der Waals surface area contributed by atoms with E-state index in [2.05, 4.69) is 88.4 Å². The highest BCUT2D eigenvalue weighted by atomic mass is 16.1. The number of hydrogen-bond donors (Lipinski definition) is 0. The first-order valence-electron chi connectivity index (χ1n) is 11.9. The van der Waals surface area contributed by atoms with E-state index in [0.717, 1.165) is 38.0 Å². The Morgan fingerprint density at radius 3 is 2.12 bits per heavy atom. The van der Waals surface area contributed by atoms with E-state index in [9.17, 15) is 4.79 Å². The van der Waals surface area contributed by atoms with Gasteiger partial charge in [0.1, 0.15) is 0 Å². The molecule has 0 spiro atoms. The van der Waals surface area contributed by atoms with Crippen LogP contribution in [0.1, 0.15) is 38.8 Å². The number of benzene rings is 4. The minimum absolute atomic E-state index is 0.0431. The van der Waals surface area contributed by atoms with Gasteiger partial charge in [0.2, 0.25) is 0 Å². The topological polar surface area (TPSA) is 21.5 Å². The third-order valence-electron chi connectivity index (χ3n) is 8.37. The molecule has 1 aliphatic rings. The molecule has 0 atom stereocenters. The van der Waals surface area contributed by atoms with Gasteiger partial charge in [-0.3, -0.25) is 9.20 Å². The van der Waals surface area contributed by atoms with Crippen molar-refractivity contribution in [2.45, 2.75) is 33.1 Å². The van der Waals surface area contributed by atoms with Crippen LogP contribution in [0, 0.1) is 0 Å². The zero-order valence-corrected chi connectivity index (χ0v) is 19.9. The van der Waals surface area contributed by atoms with Gasteiger partial charge in [-0.2, -0.15) is 0 Å². The molecule has 0 unspecified atom stereocenters. The van der Waals surface area contributed by atoms with Gasteiger partial charge in [0, 0.05) is 27.0 Å². The predicted octanol–water partition coefficient (Wildman–Crippen LogP) is 7.95. The molecule has 2 heteroatoms. The SMILES string of the molecule is CC1=C(C)C(C)(C)c2cc(-c3ccc4c(c3)c3cccc5c6ccccc6c(=O)n4c53)ccc21. The van der Waals surface area contributed by atoms with Crippen LogP contribution in [0.4, 0.5) is 0 Å². The van der Waals surface area contributed by atoms with Crippen molar-refractivity contribution < 1.29 is 0 Å². The Morgan fingerprint density at radius 2 is 1.32 bits per heavy atom. The van der Waals surface area contributed by atoms with E-state index < -0.39 is 0 Å². The van der Waals surface area contributed by atoms with Crippen molar-refractivity contribution in [2.24, 2.45) is 0 Å². The first-order chi connectivity index (χ1) is 16.4. The number of para-hydroxylation sites is 1. The van der Waals surface area contributed by atoms with Crippen LogP contribution in [-0.2, 0) is 5.41 Å². The molecule has 2 heterocycles. The predicted molar refractivity (Wildman–Crippen MR) is 144 cm³/mol. The van der Waals surface area contributed by atoms with E-state index >= 15 is 0 Å². The normalized spacial score (nSPS) is 15.3. The van der Waals surface area contributed by atoms with Gasteiger partial charge in [-0.15, -0.1) is 0 Å². The lowest BCUT2D eigenvalue weighted by atomic mass is 9.81. The van der Waals surface area contributed by atoms with E-state index in [-0.39, 0.29) is 11.0 Å². The molecule has 0 bridgehead atoms. The van der Waals surface area contributed by atoms with Gasteiger partial charge in [0.05, 0.1) is 11.0 Å². The largest absolute Gasteiger partial charge is 0.275 e. The number of nitrogens with zero attached hydrogens (tertiary/aromatic N) is 1. The van der Waals surface area contributed by atoms with Crippen molar-refractivity contribution in [3.8, 4) is 11.1 Å². The van der Waals surface area contributed by atoms with Crippen molar-refractivity contribution in [3.05, 3.63) is 106 Å². The van der Waals surface area contributed by atoms with Crippen molar-refractivity contribution >= 4 is 43.5 Å². The van der Waals surface area contributed by atoms with Crippen molar-refractivity contribution in [1.29, 1.82) is 0 Å². The average molecular weight is 440 g/mol. The van der Waals surface area contributed by atoms with Gasteiger partial charge in [0.15, 0.2) is 0 Å². The fraction of sp³-hybridized carbons (Fsp3) is 0.156. The first kappa shape index (κ1) is 19.5. The summed E-state index contributed by atoms with van der Waals surface area (Å²) in [5.74, 6) is 0. The van der Waals surface area contributed by atoms with Crippen LogP contribution >= 0.6 is 0 Å². The molecule has 164 valence electrons. The number of rotatable bonds is 1. The number of fused-ring (bicyclic) bond motifs is 6. The van der Waals surface area contributed by atoms with Crippen LogP contribution < -0.4 is 5.56 Å². The molecular formula is C32H25NO. The van der Waals surface area contributed by atoms with Gasteiger partial charge < -0.3 is 0 Å². The summed E-state index contributed by atoms with van der Waals surface area (Å²) in [5, 5.41) is 5.17. The van der Waals surface area contributed by atoms with Crippen LogP contribution in [0.15, 0.2) is 89.2 Å². The first-order valence-corrected chi connectivity index (χ1v) is 11.9. The zero-order valence-electron chi connectivity index (χ0n) is 19.9. The number of hydrogen-bond acceptors (Lipinski definition) is 1. The Morgan fingerprint density at radius 1 is 0.676 bits per heavy atom. The molecule has 0 aliphatic heterocycles. The summed E-state index contributed by atoms with van der Waals surface area (Å²) in [6, 6.07) is 27.7. The maximum Gasteiger partial charge on any atom is 0.263 e. The molecule has 0 radical (unpaired) electrons. The van der Waals surface area contributed by atoms with E-state index in [4.69, 9.17) is 0 Å². The summed E-state index contributed by atoms with van der Waals surface area (Å²) in [4.78, 5) is 13.5. The van der Waals surface area contributed by atoms with Crippen molar-refractivity contribution in [2.75, 3.05) is 0 Å². The molecule has 0 N–H and O–H groups in total. The minimum atomic E-state index is 0.0431. The van der Waals surface area contributed by atoms with E-state index in [1.54, 1.807) is 0 Å². The monoisotopic (exact) mass is 439 g/mol. The lowest BCUT2D eigenvalue weighted by molar-refractivity contribution is 0.639. The Kier molecular flexibility index (Phi) is 3.66. The molecule has 0 saturated carbocycles. The Hall–Kier alpha value is -3.91. The van der Waals surface area contributed by atoms with Crippen LogP contribution in [-0.4, -0.2) is 4.40 Å². The van der Waals surface area contributed by atoms with E-state index in [1.165, 1.54) is 33.4 Å². The molecule has 0 saturated heterocycles. The fourth-order valence-corrected chi connectivity index (χ4v) is 6.14. The molecule has 0 amide bonds. The zero-order chi connectivity index (χ0) is 23.4. The molecule has 2 aromatic heterocycles. The maximum absolute atomic E-state index is 13.5. The number of aromatic nitrogens is 1. The summed E-state index contributed by atoms with van der Waals surface area (Å²) >= 11 is 0. The number of allylic oxidation sites excluding steroid dienone is 2. The van der Waals surface area contributed by atoms with Gasteiger partial charge in [-0.05, 0) is 71.3 Å². The van der Waals surface area contributed by atoms with Crippen LogP contribution in [0.5, 0.6) is 0 Å². The lowest BCUT2D eigenvalue weighted by Crippen LogP contribution is -2.15. The van der Waals surface area contributed by atoms with Gasteiger partial charge in [0.25, 0.3) is 5.56 Å². The Labute approximate surface area is 198 Å². The highest BCUT2D eigenvalue weighted by Gasteiger charge is 2.33. The highest BCUT2D eigenvalue weighted by Crippen LogP contribution is 2.47. The second kappa shape index (κ2) is 6.36. The molecular weight excluding hydrogens is 414 g/mol. The minimum Gasteiger partial charge on any atom is -0.275 e. The van der Waals surface area contributed by atoms with Crippen molar-refractivity contribution in [1.82, 2.24) is 4.40 Å². The van der Waals surface area contributed by atoms with Crippen LogP contribution in [0.25, 0.3) is 54.7 Å². The summed E-state index contributed by atoms with van der Waals surface area (Å²) in [7, 11) is 0. The second-order valence-corrected chi connectivity index (χ2v) is 10.3. The van der Waals surface area contributed by atoms with Crippen molar-refractivity contribution in [3.63, 3.8) is 0 Å². The second-order valence-electron chi connectivity index (χ2n) is 10.3. The molecule has 0 fully saturated rings. The summed E-state index contributed by atoms with van der Waals surface area (Å²) in [6.45, 7) is 9.12. The molecule has 1 aliphatic carbocycles. The van der Waals surface area contributed by atoms with E-state index in [0.29, 0.717) is 0 Å². The standard InChI is InChI=1S/C32H25NO/c1-18-19(2)32(3,4)28-17-21(12-14-22(18)28)20-13-15-29-27(16-20)25-11-7-10-24-23-8-5-6-9-26(23)31(34)33(29)30(24)25/h5-17H,1-4H3. The van der Waals surface area contributed by atoms with Crippen LogP contribution in [0.3, 0.4) is 0 Å². The smallest absolute Gasteiger partial charge is 0.263 e.